The fraction of sp³-hybridized carbons (Fsp3) is 0.600. The monoisotopic (exact) mass is 211 g/mol. The molecule has 15 heavy (non-hydrogen) atoms. The second kappa shape index (κ2) is 3.25. The van der Waals surface area contributed by atoms with Gasteiger partial charge in [-0.25, -0.2) is 4.79 Å². The molecule has 0 aromatic rings. The number of carbonyl (C=O) groups excluding carboxylic acids is 1. The summed E-state index contributed by atoms with van der Waals surface area (Å²) in [6.07, 6.45) is 2.16. The quantitative estimate of drug-likeness (QED) is 0.703. The molecule has 1 heterocycles. The molecule has 1 saturated heterocycles. The number of carboxylic acids is 1. The van der Waals surface area contributed by atoms with Crippen molar-refractivity contribution in [1.29, 1.82) is 0 Å². The SMILES string of the molecule is C=CCOC(=O)N1CC[C@]2(C(=O)O)C[C@H]12. The van der Waals surface area contributed by atoms with Crippen LogP contribution >= 0.6 is 0 Å². The molecule has 1 amide bonds. The summed E-state index contributed by atoms with van der Waals surface area (Å²) < 4.78 is 4.87. The van der Waals surface area contributed by atoms with Gasteiger partial charge >= 0.3 is 12.1 Å². The summed E-state index contributed by atoms with van der Waals surface area (Å²) in [4.78, 5) is 23.9. The van der Waals surface area contributed by atoms with Crippen molar-refractivity contribution in [3.05, 3.63) is 12.7 Å². The van der Waals surface area contributed by atoms with Crippen molar-refractivity contribution < 1.29 is 19.4 Å². The fourth-order valence-corrected chi connectivity index (χ4v) is 2.21. The third-order valence-electron chi connectivity index (χ3n) is 3.20. The van der Waals surface area contributed by atoms with Gasteiger partial charge in [0, 0.05) is 6.54 Å². The van der Waals surface area contributed by atoms with Crippen LogP contribution in [-0.4, -0.2) is 41.3 Å². The molecule has 1 aliphatic carbocycles. The minimum atomic E-state index is -0.800. The summed E-state index contributed by atoms with van der Waals surface area (Å²) in [5.41, 5.74) is -0.673. The molecule has 2 atom stereocenters. The van der Waals surface area contributed by atoms with Crippen molar-refractivity contribution in [2.75, 3.05) is 13.2 Å². The van der Waals surface area contributed by atoms with Gasteiger partial charge in [-0.15, -0.1) is 0 Å². The van der Waals surface area contributed by atoms with E-state index in [0.29, 0.717) is 19.4 Å². The first-order valence-electron chi connectivity index (χ1n) is 4.89. The highest BCUT2D eigenvalue weighted by Gasteiger charge is 2.68. The Balaban J connectivity index is 1.96. The molecule has 2 fully saturated rings. The van der Waals surface area contributed by atoms with Crippen LogP contribution in [0.15, 0.2) is 12.7 Å². The summed E-state index contributed by atoms with van der Waals surface area (Å²) in [5.74, 6) is -0.800. The zero-order chi connectivity index (χ0) is 11.1. The average Bonchev–Trinajstić information content (AvgIpc) is 2.83. The van der Waals surface area contributed by atoms with Crippen LogP contribution in [0.3, 0.4) is 0 Å². The Morgan fingerprint density at radius 2 is 2.40 bits per heavy atom. The first-order chi connectivity index (χ1) is 7.12. The van der Waals surface area contributed by atoms with E-state index in [1.807, 2.05) is 0 Å². The topological polar surface area (TPSA) is 66.8 Å². The molecule has 0 radical (unpaired) electrons. The van der Waals surface area contributed by atoms with Gasteiger partial charge in [-0.05, 0) is 12.8 Å². The van der Waals surface area contributed by atoms with Crippen LogP contribution in [0.1, 0.15) is 12.8 Å². The number of hydrogen-bond donors (Lipinski definition) is 1. The number of likely N-dealkylation sites (tertiary alicyclic amines) is 1. The molecular formula is C10H13NO4. The molecule has 1 saturated carbocycles. The van der Waals surface area contributed by atoms with Crippen molar-refractivity contribution >= 4 is 12.1 Å². The Morgan fingerprint density at radius 3 is 2.87 bits per heavy atom. The molecule has 1 aliphatic heterocycles. The summed E-state index contributed by atoms with van der Waals surface area (Å²) in [6.45, 7) is 4.09. The minimum Gasteiger partial charge on any atom is -0.481 e. The van der Waals surface area contributed by atoms with E-state index in [2.05, 4.69) is 6.58 Å². The number of nitrogens with zero attached hydrogens (tertiary/aromatic N) is 1. The molecule has 0 unspecified atom stereocenters. The van der Waals surface area contributed by atoms with E-state index in [0.717, 1.165) is 0 Å². The van der Waals surface area contributed by atoms with Crippen LogP contribution in [0.5, 0.6) is 0 Å². The Morgan fingerprint density at radius 1 is 1.67 bits per heavy atom. The van der Waals surface area contributed by atoms with Crippen molar-refractivity contribution in [3.8, 4) is 0 Å². The van der Waals surface area contributed by atoms with E-state index >= 15 is 0 Å². The van der Waals surface area contributed by atoms with E-state index in [4.69, 9.17) is 9.84 Å². The Hall–Kier alpha value is -1.52. The second-order valence-electron chi connectivity index (χ2n) is 3.99. The van der Waals surface area contributed by atoms with Gasteiger partial charge < -0.3 is 14.7 Å². The van der Waals surface area contributed by atoms with Gasteiger partial charge in [0.25, 0.3) is 0 Å². The number of carbonyl (C=O) groups is 2. The van der Waals surface area contributed by atoms with Gasteiger partial charge in [-0.3, -0.25) is 4.79 Å². The highest BCUT2D eigenvalue weighted by Crippen LogP contribution is 2.57. The van der Waals surface area contributed by atoms with Crippen molar-refractivity contribution in [2.24, 2.45) is 5.41 Å². The maximum absolute atomic E-state index is 11.5. The lowest BCUT2D eigenvalue weighted by atomic mass is 10.1. The van der Waals surface area contributed by atoms with E-state index in [1.54, 1.807) is 0 Å². The molecule has 0 aromatic carbocycles. The maximum Gasteiger partial charge on any atom is 0.410 e. The third-order valence-corrected chi connectivity index (χ3v) is 3.20. The summed E-state index contributed by atoms with van der Waals surface area (Å²) >= 11 is 0. The highest BCUT2D eigenvalue weighted by molar-refractivity contribution is 5.83. The van der Waals surface area contributed by atoms with Crippen LogP contribution in [0, 0.1) is 5.41 Å². The van der Waals surface area contributed by atoms with Crippen LogP contribution in [0.4, 0.5) is 4.79 Å². The average molecular weight is 211 g/mol. The number of piperidine rings is 1. The number of aliphatic carboxylic acids is 1. The zero-order valence-corrected chi connectivity index (χ0v) is 8.31. The molecular weight excluding hydrogens is 198 g/mol. The molecule has 0 bridgehead atoms. The lowest BCUT2D eigenvalue weighted by Gasteiger charge is -2.16. The number of rotatable bonds is 3. The molecule has 0 spiro atoms. The predicted molar refractivity (Wildman–Crippen MR) is 51.3 cm³/mol. The molecule has 82 valence electrons. The molecule has 0 aromatic heterocycles. The minimum absolute atomic E-state index is 0.160. The molecule has 2 rings (SSSR count). The molecule has 2 aliphatic rings. The molecule has 5 nitrogen and oxygen atoms in total. The zero-order valence-electron chi connectivity index (χ0n) is 8.31. The third kappa shape index (κ3) is 1.38. The van der Waals surface area contributed by atoms with E-state index in [9.17, 15) is 9.59 Å². The first kappa shape index (κ1) is 10.0. The lowest BCUT2D eigenvalue weighted by molar-refractivity contribution is -0.143. The van der Waals surface area contributed by atoms with Gasteiger partial charge in [0.1, 0.15) is 6.61 Å². The van der Waals surface area contributed by atoms with Crippen LogP contribution in [0.2, 0.25) is 0 Å². The smallest absolute Gasteiger partial charge is 0.410 e. The second-order valence-corrected chi connectivity index (χ2v) is 3.99. The standard InChI is InChI=1S/C10H13NO4/c1-2-5-15-9(14)11-4-3-10(8(12)13)6-7(10)11/h2,7H,1,3-6H2,(H,12,13)/t7-,10-/m0/s1. The van der Waals surface area contributed by atoms with Gasteiger partial charge in [0.2, 0.25) is 0 Å². The number of hydrogen-bond acceptors (Lipinski definition) is 3. The van der Waals surface area contributed by atoms with Crippen molar-refractivity contribution in [3.63, 3.8) is 0 Å². The highest BCUT2D eigenvalue weighted by atomic mass is 16.6. The fourth-order valence-electron chi connectivity index (χ4n) is 2.21. The van der Waals surface area contributed by atoms with Crippen molar-refractivity contribution in [2.45, 2.75) is 18.9 Å². The van der Waals surface area contributed by atoms with Crippen LogP contribution in [0.25, 0.3) is 0 Å². The maximum atomic E-state index is 11.5. The lowest BCUT2D eigenvalue weighted by Crippen LogP contribution is -2.32. The number of amides is 1. The van der Waals surface area contributed by atoms with E-state index in [-0.39, 0.29) is 12.6 Å². The van der Waals surface area contributed by atoms with E-state index in [1.165, 1.54) is 11.0 Å². The number of ether oxygens (including phenoxy) is 1. The first-order valence-corrected chi connectivity index (χ1v) is 4.89. The number of fused-ring (bicyclic) bond motifs is 1. The van der Waals surface area contributed by atoms with E-state index < -0.39 is 17.5 Å². The molecule has 1 N–H and O–H groups in total. The molecule has 5 heteroatoms. The summed E-state index contributed by atoms with van der Waals surface area (Å²) in [6, 6.07) is -0.160. The predicted octanol–water partition coefficient (Wildman–Crippen LogP) is 0.858. The largest absolute Gasteiger partial charge is 0.481 e. The van der Waals surface area contributed by atoms with Crippen LogP contribution < -0.4 is 0 Å². The van der Waals surface area contributed by atoms with Crippen LogP contribution in [-0.2, 0) is 9.53 Å². The van der Waals surface area contributed by atoms with Gasteiger partial charge in [-0.1, -0.05) is 12.7 Å². The van der Waals surface area contributed by atoms with Crippen molar-refractivity contribution in [1.82, 2.24) is 4.90 Å². The van der Waals surface area contributed by atoms with Gasteiger partial charge in [0.05, 0.1) is 11.5 Å². The van der Waals surface area contributed by atoms with Gasteiger partial charge in [-0.2, -0.15) is 0 Å². The Kier molecular flexibility index (Phi) is 2.17. The number of carboxylic acid groups (broad SMARTS) is 1. The summed E-state index contributed by atoms with van der Waals surface area (Å²) in [5, 5.41) is 8.99. The Bertz CT molecular complexity index is 327. The Labute approximate surface area is 87.3 Å². The summed E-state index contributed by atoms with van der Waals surface area (Å²) in [7, 11) is 0. The van der Waals surface area contributed by atoms with Gasteiger partial charge in [0.15, 0.2) is 0 Å². The normalized spacial score (nSPS) is 32.0.